The second-order valence-corrected chi connectivity index (χ2v) is 8.22. The molecule has 8 nitrogen and oxygen atoms in total. The van der Waals surface area contributed by atoms with Gasteiger partial charge < -0.3 is 9.64 Å². The number of benzene rings is 2. The maximum atomic E-state index is 5.59. The molecule has 0 amide bonds. The Morgan fingerprint density at radius 2 is 1.82 bits per heavy atom. The van der Waals surface area contributed by atoms with E-state index in [1.807, 2.05) is 36.5 Å². The van der Waals surface area contributed by atoms with E-state index in [4.69, 9.17) is 19.8 Å². The van der Waals surface area contributed by atoms with Crippen LogP contribution in [-0.4, -0.2) is 56.2 Å². The molecule has 4 heterocycles. The first kappa shape index (κ1) is 18.5. The van der Waals surface area contributed by atoms with E-state index < -0.39 is 0 Å². The van der Waals surface area contributed by atoms with Crippen LogP contribution in [0.1, 0.15) is 11.1 Å². The minimum Gasteiger partial charge on any atom is -0.378 e. The SMILES string of the molecule is [CH]1c2c(-c3ccn[nH]3)cc3nc(-n4ccc(-c5ccccc5)n4)nc(N4CCOCC4)c3c21. The second kappa shape index (κ2) is 7.25. The van der Waals surface area contributed by atoms with Crippen molar-refractivity contribution in [2.45, 2.75) is 0 Å². The molecule has 3 aromatic heterocycles. The average Bonchev–Trinajstić information content (AvgIpc) is 3.25. The van der Waals surface area contributed by atoms with E-state index in [-0.39, 0.29) is 0 Å². The lowest BCUT2D eigenvalue weighted by molar-refractivity contribution is 0.122. The van der Waals surface area contributed by atoms with Crippen LogP contribution in [0.25, 0.3) is 39.4 Å². The lowest BCUT2D eigenvalue weighted by atomic mass is 10.1. The Morgan fingerprint density at radius 1 is 0.939 bits per heavy atom. The fourth-order valence-electron chi connectivity index (χ4n) is 4.50. The quantitative estimate of drug-likeness (QED) is 0.456. The van der Waals surface area contributed by atoms with Gasteiger partial charge in [0, 0.05) is 48.4 Å². The molecule has 1 fully saturated rings. The van der Waals surface area contributed by atoms with Gasteiger partial charge in [0.1, 0.15) is 5.82 Å². The van der Waals surface area contributed by atoms with E-state index in [0.29, 0.717) is 19.2 Å². The molecule has 0 saturated carbocycles. The molecule has 1 aliphatic carbocycles. The van der Waals surface area contributed by atoms with Crippen LogP contribution in [0.5, 0.6) is 0 Å². The molecule has 5 aromatic rings. The summed E-state index contributed by atoms with van der Waals surface area (Å²) >= 11 is 0. The molecule has 0 atom stereocenters. The summed E-state index contributed by atoms with van der Waals surface area (Å²) < 4.78 is 7.35. The number of ether oxygens (including phenoxy) is 1. The molecule has 1 N–H and O–H groups in total. The van der Waals surface area contributed by atoms with Crippen molar-refractivity contribution in [2.24, 2.45) is 0 Å². The van der Waals surface area contributed by atoms with Crippen molar-refractivity contribution in [1.82, 2.24) is 29.9 Å². The van der Waals surface area contributed by atoms with Crippen molar-refractivity contribution < 1.29 is 4.74 Å². The summed E-state index contributed by atoms with van der Waals surface area (Å²) in [5.74, 6) is 1.50. The van der Waals surface area contributed by atoms with Crippen molar-refractivity contribution in [2.75, 3.05) is 31.2 Å². The first-order chi connectivity index (χ1) is 16.3. The predicted octanol–water partition coefficient (Wildman–Crippen LogP) is 3.62. The second-order valence-electron chi connectivity index (χ2n) is 8.22. The highest BCUT2D eigenvalue weighted by molar-refractivity contribution is 6.04. The van der Waals surface area contributed by atoms with Gasteiger partial charge in [-0.25, -0.2) is 9.67 Å². The van der Waals surface area contributed by atoms with Gasteiger partial charge in [-0.1, -0.05) is 30.3 Å². The molecule has 2 aromatic carbocycles. The lowest BCUT2D eigenvalue weighted by Gasteiger charge is -2.29. The van der Waals surface area contributed by atoms with Crippen LogP contribution < -0.4 is 4.90 Å². The van der Waals surface area contributed by atoms with E-state index in [1.165, 1.54) is 11.1 Å². The van der Waals surface area contributed by atoms with E-state index in [1.54, 1.807) is 10.9 Å². The number of H-pyrrole nitrogens is 1. The summed E-state index contributed by atoms with van der Waals surface area (Å²) in [7, 11) is 0. The molecular weight excluding hydrogens is 414 g/mol. The van der Waals surface area contributed by atoms with Crippen LogP contribution in [-0.2, 0) is 4.74 Å². The van der Waals surface area contributed by atoms with Crippen LogP contribution in [0, 0.1) is 6.42 Å². The number of rotatable bonds is 4. The largest absolute Gasteiger partial charge is 0.378 e. The smallest absolute Gasteiger partial charge is 0.253 e. The number of nitrogens with zero attached hydrogens (tertiary/aromatic N) is 6. The summed E-state index contributed by atoms with van der Waals surface area (Å²) in [5.41, 5.74) is 7.37. The highest BCUT2D eigenvalue weighted by Gasteiger charge is 2.31. The first-order valence-corrected chi connectivity index (χ1v) is 11.0. The van der Waals surface area contributed by atoms with Crippen molar-refractivity contribution in [1.29, 1.82) is 0 Å². The highest BCUT2D eigenvalue weighted by atomic mass is 16.5. The molecule has 2 aliphatic rings. The summed E-state index contributed by atoms with van der Waals surface area (Å²) in [5, 5.41) is 13.1. The van der Waals surface area contributed by atoms with Crippen molar-refractivity contribution in [3.05, 3.63) is 78.5 Å². The van der Waals surface area contributed by atoms with Crippen molar-refractivity contribution >= 4 is 16.7 Å². The number of aromatic amines is 1. The van der Waals surface area contributed by atoms with Gasteiger partial charge in [0.2, 0.25) is 0 Å². The highest BCUT2D eigenvalue weighted by Crippen LogP contribution is 2.47. The fraction of sp³-hybridized carbons (Fsp3) is 0.160. The Hall–Kier alpha value is -4.04. The van der Waals surface area contributed by atoms with E-state index in [2.05, 4.69) is 39.7 Å². The molecule has 1 saturated heterocycles. The van der Waals surface area contributed by atoms with E-state index in [0.717, 1.165) is 52.3 Å². The zero-order valence-corrected chi connectivity index (χ0v) is 17.8. The number of aromatic nitrogens is 6. The number of fused-ring (bicyclic) bond motifs is 3. The van der Waals surface area contributed by atoms with Crippen LogP contribution in [0.4, 0.5) is 5.82 Å². The van der Waals surface area contributed by atoms with Crippen LogP contribution in [0.15, 0.2) is 60.9 Å². The topological polar surface area (TPSA) is 84.8 Å². The molecule has 8 heteroatoms. The first-order valence-electron chi connectivity index (χ1n) is 11.0. The summed E-state index contributed by atoms with van der Waals surface area (Å²) in [6, 6.07) is 16.2. The molecule has 0 bridgehead atoms. The molecule has 0 unspecified atom stereocenters. The summed E-state index contributed by atoms with van der Waals surface area (Å²) in [6.07, 6.45) is 5.89. The summed E-state index contributed by atoms with van der Waals surface area (Å²) in [6.45, 7) is 2.99. The normalized spacial score (nSPS) is 15.1. The number of hydrogen-bond donors (Lipinski definition) is 1. The molecule has 161 valence electrons. The zero-order valence-electron chi connectivity index (χ0n) is 17.8. The zero-order chi connectivity index (χ0) is 21.8. The third-order valence-electron chi connectivity index (χ3n) is 6.21. The Labute approximate surface area is 189 Å². The van der Waals surface area contributed by atoms with Crippen LogP contribution >= 0.6 is 0 Å². The molecule has 1 aliphatic heterocycles. The van der Waals surface area contributed by atoms with Gasteiger partial charge in [0.15, 0.2) is 0 Å². The number of hydrogen-bond acceptors (Lipinski definition) is 6. The van der Waals surface area contributed by atoms with Gasteiger partial charge in [-0.05, 0) is 29.3 Å². The Balaban J connectivity index is 1.41. The van der Waals surface area contributed by atoms with Gasteiger partial charge >= 0.3 is 0 Å². The third kappa shape index (κ3) is 3.10. The van der Waals surface area contributed by atoms with Gasteiger partial charge in [-0.2, -0.15) is 15.2 Å². The maximum absolute atomic E-state index is 5.59. The monoisotopic (exact) mass is 434 g/mol. The van der Waals surface area contributed by atoms with Crippen molar-refractivity contribution in [3.63, 3.8) is 0 Å². The van der Waals surface area contributed by atoms with Gasteiger partial charge in [-0.3, -0.25) is 5.10 Å². The van der Waals surface area contributed by atoms with Crippen LogP contribution in [0.2, 0.25) is 0 Å². The molecule has 0 spiro atoms. The molecular formula is C25H20N7O. The average molecular weight is 434 g/mol. The Bertz CT molecular complexity index is 1470. The predicted molar refractivity (Wildman–Crippen MR) is 125 cm³/mol. The molecule has 7 rings (SSSR count). The minimum atomic E-state index is 0.558. The van der Waals surface area contributed by atoms with Gasteiger partial charge in [-0.15, -0.1) is 0 Å². The lowest BCUT2D eigenvalue weighted by Crippen LogP contribution is -2.37. The van der Waals surface area contributed by atoms with Crippen molar-refractivity contribution in [3.8, 4) is 28.5 Å². The fourth-order valence-corrected chi connectivity index (χ4v) is 4.50. The maximum Gasteiger partial charge on any atom is 0.253 e. The van der Waals surface area contributed by atoms with E-state index in [9.17, 15) is 0 Å². The van der Waals surface area contributed by atoms with Gasteiger partial charge in [0.25, 0.3) is 5.95 Å². The van der Waals surface area contributed by atoms with Crippen LogP contribution in [0.3, 0.4) is 0 Å². The van der Waals surface area contributed by atoms with E-state index >= 15 is 0 Å². The Morgan fingerprint density at radius 3 is 2.64 bits per heavy atom. The minimum absolute atomic E-state index is 0.558. The standard InChI is InChI=1S/C25H20N7O/c1-2-4-16(5-3-1)20-7-9-32(30-20)25-27-22-15-18(21-6-8-26-29-21)17-14-19(17)23(22)24(28-25)31-10-12-33-13-11-31/h1-9,14-15H,10-13H2,(H,26,29). The van der Waals surface area contributed by atoms with Gasteiger partial charge in [0.05, 0.1) is 30.1 Å². The number of nitrogens with one attached hydrogen (secondary N) is 1. The summed E-state index contributed by atoms with van der Waals surface area (Å²) in [4.78, 5) is 12.3. The molecule has 1 radical (unpaired) electrons. The number of anilines is 1. The third-order valence-corrected chi connectivity index (χ3v) is 6.21. The molecule has 33 heavy (non-hydrogen) atoms. The number of morpholine rings is 1. The Kier molecular flexibility index (Phi) is 4.07.